The number of likely N-dealkylation sites (N-methyl/N-ethyl adjacent to an activating group) is 1. The zero-order valence-corrected chi connectivity index (χ0v) is 12.7. The highest BCUT2D eigenvalue weighted by Crippen LogP contribution is 2.31. The van der Waals surface area contributed by atoms with E-state index < -0.39 is 0 Å². The number of nitrogens with zero attached hydrogens (tertiary/aromatic N) is 3. The first-order chi connectivity index (χ1) is 10.6. The zero-order valence-electron chi connectivity index (χ0n) is 12.7. The number of carbonyl (C=O) groups is 1. The number of carbonyl (C=O) groups excluding carboxylic acids is 1. The summed E-state index contributed by atoms with van der Waals surface area (Å²) in [5, 5.41) is 2.68. The molecule has 7 heteroatoms. The largest absolute Gasteiger partial charge is 0.497 e. The minimum Gasteiger partial charge on any atom is -0.497 e. The van der Waals surface area contributed by atoms with Gasteiger partial charge in [0.05, 0.1) is 32.6 Å². The number of amides is 1. The van der Waals surface area contributed by atoms with E-state index in [2.05, 4.69) is 15.3 Å². The van der Waals surface area contributed by atoms with Crippen LogP contribution in [0.2, 0.25) is 0 Å². The van der Waals surface area contributed by atoms with Gasteiger partial charge in [-0.2, -0.15) is 0 Å². The number of hydrogen-bond donors (Lipinski definition) is 1. The average Bonchev–Trinajstić information content (AvgIpc) is 2.54. The van der Waals surface area contributed by atoms with Crippen molar-refractivity contribution in [2.45, 2.75) is 0 Å². The standard InChI is InChI=1S/C15H18N4O3/c1-19(10-15(20)18-14-9-16-6-7-17-14)12-5-4-11(21-2)8-13(12)22-3/h4-9H,10H2,1-3H3,(H,17,18,20). The molecule has 2 aromatic rings. The van der Waals surface area contributed by atoms with Gasteiger partial charge < -0.3 is 19.7 Å². The lowest BCUT2D eigenvalue weighted by atomic mass is 10.2. The molecule has 0 fully saturated rings. The van der Waals surface area contributed by atoms with Crippen LogP contribution in [0.3, 0.4) is 0 Å². The van der Waals surface area contributed by atoms with Gasteiger partial charge >= 0.3 is 0 Å². The van der Waals surface area contributed by atoms with E-state index in [0.717, 1.165) is 5.69 Å². The van der Waals surface area contributed by atoms with Crippen LogP contribution in [0.5, 0.6) is 11.5 Å². The first-order valence-electron chi connectivity index (χ1n) is 6.63. The number of nitrogens with one attached hydrogen (secondary N) is 1. The van der Waals surface area contributed by atoms with E-state index in [-0.39, 0.29) is 12.5 Å². The zero-order chi connectivity index (χ0) is 15.9. The van der Waals surface area contributed by atoms with Gasteiger partial charge in [-0.3, -0.25) is 9.78 Å². The third-order valence-electron chi connectivity index (χ3n) is 3.01. The fourth-order valence-electron chi connectivity index (χ4n) is 1.95. The van der Waals surface area contributed by atoms with Crippen LogP contribution in [0.1, 0.15) is 0 Å². The number of methoxy groups -OCH3 is 2. The highest BCUT2D eigenvalue weighted by molar-refractivity contribution is 5.93. The molecule has 0 bridgehead atoms. The van der Waals surface area contributed by atoms with Crippen molar-refractivity contribution in [2.24, 2.45) is 0 Å². The number of aromatic nitrogens is 2. The van der Waals surface area contributed by atoms with Gasteiger partial charge in [0.25, 0.3) is 0 Å². The highest BCUT2D eigenvalue weighted by atomic mass is 16.5. The lowest BCUT2D eigenvalue weighted by Crippen LogP contribution is -2.30. The molecule has 2 rings (SSSR count). The second-order valence-electron chi connectivity index (χ2n) is 4.53. The summed E-state index contributed by atoms with van der Waals surface area (Å²) in [5.41, 5.74) is 0.789. The molecule has 22 heavy (non-hydrogen) atoms. The van der Waals surface area contributed by atoms with E-state index in [1.54, 1.807) is 38.4 Å². The molecule has 0 spiro atoms. The quantitative estimate of drug-likeness (QED) is 0.873. The molecule has 0 atom stereocenters. The lowest BCUT2D eigenvalue weighted by Gasteiger charge is -2.21. The van der Waals surface area contributed by atoms with Crippen LogP contribution in [0.25, 0.3) is 0 Å². The number of ether oxygens (including phenoxy) is 2. The minimum atomic E-state index is -0.194. The van der Waals surface area contributed by atoms with E-state index in [1.165, 1.54) is 12.4 Å². The summed E-state index contributed by atoms with van der Waals surface area (Å²) < 4.78 is 10.5. The van der Waals surface area contributed by atoms with Gasteiger partial charge in [0.15, 0.2) is 5.82 Å². The Bertz CT molecular complexity index is 634. The Morgan fingerprint density at radius 1 is 1.27 bits per heavy atom. The Balaban J connectivity index is 2.05. The maximum atomic E-state index is 12.0. The second kappa shape index (κ2) is 7.26. The van der Waals surface area contributed by atoms with Gasteiger partial charge in [-0.15, -0.1) is 0 Å². The monoisotopic (exact) mass is 302 g/mol. The van der Waals surface area contributed by atoms with Crippen LogP contribution in [0.15, 0.2) is 36.8 Å². The van der Waals surface area contributed by atoms with Gasteiger partial charge in [-0.05, 0) is 12.1 Å². The molecular formula is C15H18N4O3. The van der Waals surface area contributed by atoms with E-state index in [9.17, 15) is 4.79 Å². The summed E-state index contributed by atoms with van der Waals surface area (Å²) in [6.45, 7) is 0.152. The minimum absolute atomic E-state index is 0.152. The van der Waals surface area contributed by atoms with Crippen LogP contribution in [-0.4, -0.2) is 43.7 Å². The highest BCUT2D eigenvalue weighted by Gasteiger charge is 2.13. The molecule has 0 aliphatic rings. The Morgan fingerprint density at radius 3 is 2.73 bits per heavy atom. The SMILES string of the molecule is COc1ccc(N(C)CC(=O)Nc2cnccn2)c(OC)c1. The van der Waals surface area contributed by atoms with Crippen LogP contribution in [0.4, 0.5) is 11.5 Å². The molecule has 0 saturated carbocycles. The third-order valence-corrected chi connectivity index (χ3v) is 3.01. The van der Waals surface area contributed by atoms with Crippen LogP contribution in [0, 0.1) is 0 Å². The summed E-state index contributed by atoms with van der Waals surface area (Å²) in [4.78, 5) is 21.7. The predicted molar refractivity (Wildman–Crippen MR) is 83.5 cm³/mol. The van der Waals surface area contributed by atoms with Crippen molar-refractivity contribution in [3.05, 3.63) is 36.8 Å². The Morgan fingerprint density at radius 2 is 2.09 bits per heavy atom. The molecule has 1 aromatic heterocycles. The maximum absolute atomic E-state index is 12.0. The number of anilines is 2. The van der Waals surface area contributed by atoms with Crippen molar-refractivity contribution in [3.8, 4) is 11.5 Å². The predicted octanol–water partition coefficient (Wildman–Crippen LogP) is 1.57. The van der Waals surface area contributed by atoms with Crippen molar-refractivity contribution in [1.82, 2.24) is 9.97 Å². The maximum Gasteiger partial charge on any atom is 0.245 e. The second-order valence-corrected chi connectivity index (χ2v) is 4.53. The number of benzene rings is 1. The van der Waals surface area contributed by atoms with Gasteiger partial charge in [0, 0.05) is 25.5 Å². The van der Waals surface area contributed by atoms with Crippen molar-refractivity contribution in [2.75, 3.05) is 38.0 Å². The van der Waals surface area contributed by atoms with Crippen LogP contribution in [-0.2, 0) is 4.79 Å². The molecule has 0 radical (unpaired) electrons. The molecular weight excluding hydrogens is 284 g/mol. The van der Waals surface area contributed by atoms with Crippen molar-refractivity contribution >= 4 is 17.4 Å². The molecule has 0 unspecified atom stereocenters. The van der Waals surface area contributed by atoms with Crippen molar-refractivity contribution in [1.29, 1.82) is 0 Å². The normalized spacial score (nSPS) is 9.95. The topological polar surface area (TPSA) is 76.6 Å². The summed E-state index contributed by atoms with van der Waals surface area (Å²) in [5.74, 6) is 1.55. The van der Waals surface area contributed by atoms with Crippen LogP contribution < -0.4 is 19.7 Å². The van der Waals surface area contributed by atoms with Gasteiger partial charge in [-0.25, -0.2) is 4.98 Å². The smallest absolute Gasteiger partial charge is 0.245 e. The van der Waals surface area contributed by atoms with E-state index in [0.29, 0.717) is 17.3 Å². The summed E-state index contributed by atoms with van der Waals surface area (Å²) in [6, 6.07) is 5.43. The molecule has 0 aliphatic heterocycles. The number of hydrogen-bond acceptors (Lipinski definition) is 6. The van der Waals surface area contributed by atoms with E-state index in [4.69, 9.17) is 9.47 Å². The molecule has 0 aliphatic carbocycles. The molecule has 1 N–H and O–H groups in total. The fraction of sp³-hybridized carbons (Fsp3) is 0.267. The van der Waals surface area contributed by atoms with E-state index >= 15 is 0 Å². The molecule has 1 amide bonds. The molecule has 116 valence electrons. The van der Waals surface area contributed by atoms with Gasteiger partial charge in [-0.1, -0.05) is 0 Å². The summed E-state index contributed by atoms with van der Waals surface area (Å²) >= 11 is 0. The van der Waals surface area contributed by atoms with Gasteiger partial charge in [0.2, 0.25) is 5.91 Å². The fourth-order valence-corrected chi connectivity index (χ4v) is 1.95. The third kappa shape index (κ3) is 3.85. The Kier molecular flexibility index (Phi) is 5.13. The lowest BCUT2D eigenvalue weighted by molar-refractivity contribution is -0.114. The van der Waals surface area contributed by atoms with Crippen molar-refractivity contribution < 1.29 is 14.3 Å². The molecule has 7 nitrogen and oxygen atoms in total. The number of rotatable bonds is 6. The Hall–Kier alpha value is -2.83. The Labute approximate surface area is 128 Å². The first kappa shape index (κ1) is 15.6. The summed E-state index contributed by atoms with van der Waals surface area (Å²) in [6.07, 6.45) is 4.56. The van der Waals surface area contributed by atoms with Crippen molar-refractivity contribution in [3.63, 3.8) is 0 Å². The summed E-state index contributed by atoms with van der Waals surface area (Å²) in [7, 11) is 4.97. The average molecular weight is 302 g/mol. The van der Waals surface area contributed by atoms with Crippen LogP contribution >= 0.6 is 0 Å². The molecule has 1 aromatic carbocycles. The molecule has 1 heterocycles. The first-order valence-corrected chi connectivity index (χ1v) is 6.63. The van der Waals surface area contributed by atoms with E-state index in [1.807, 2.05) is 12.1 Å². The molecule has 0 saturated heterocycles. The van der Waals surface area contributed by atoms with Gasteiger partial charge in [0.1, 0.15) is 11.5 Å².